The van der Waals surface area contributed by atoms with E-state index in [-0.39, 0.29) is 9.85 Å². The highest BCUT2D eigenvalue weighted by atomic mass is 28.3. The molecule has 0 spiro atoms. The molecule has 0 aliphatic rings. The first-order chi connectivity index (χ1) is 2.81. The van der Waals surface area contributed by atoms with Crippen molar-refractivity contribution in [3.05, 3.63) is 0 Å². The van der Waals surface area contributed by atoms with Crippen LogP contribution in [-0.4, -0.2) is 9.85 Å². The average molecular weight is 104 g/mol. The molecule has 0 aromatic rings. The van der Waals surface area contributed by atoms with E-state index in [4.69, 9.17) is 0 Å². The summed E-state index contributed by atoms with van der Waals surface area (Å²) in [6.45, 7) is 3.91. The largest absolute Gasteiger partial charge is 0.315 e. The van der Waals surface area contributed by atoms with Gasteiger partial charge in [-0.2, -0.15) is 0 Å². The summed E-state index contributed by atoms with van der Waals surface area (Å²) in [6.07, 6.45) is 0.967. The molecule has 0 nitrogen and oxygen atoms in total. The fourth-order valence-electron chi connectivity index (χ4n) is 0.0772. The van der Waals surface area contributed by atoms with E-state index in [2.05, 4.69) is 0 Å². The van der Waals surface area contributed by atoms with Crippen LogP contribution in [-0.2, 0) is 0 Å². The molecule has 0 N–H and O–H groups in total. The Bertz CT molecular complexity index is 26.7. The zero-order chi connectivity index (χ0) is 4.99. The van der Waals surface area contributed by atoms with Crippen LogP contribution in [0.15, 0.2) is 0 Å². The molecule has 1 atom stereocenters. The Morgan fingerprint density at radius 1 is 1.83 bits per heavy atom. The van der Waals surface area contributed by atoms with Crippen LogP contribution in [0, 0.1) is 0 Å². The highest BCUT2D eigenvalue weighted by molar-refractivity contribution is 6.28. The van der Waals surface area contributed by atoms with Crippen molar-refractivity contribution in [1.82, 2.24) is 0 Å². The molecule has 0 amide bonds. The summed E-state index contributed by atoms with van der Waals surface area (Å²) < 4.78 is 11.4. The topological polar surface area (TPSA) is 0 Å². The number of hydrogen-bond donors (Lipinski definition) is 0. The van der Waals surface area contributed by atoms with Crippen molar-refractivity contribution in [2.45, 2.75) is 25.8 Å². The van der Waals surface area contributed by atoms with Crippen molar-refractivity contribution >= 4 is 9.85 Å². The molecule has 2 radical (unpaired) electrons. The zero-order valence-corrected chi connectivity index (χ0v) is 5.16. The lowest BCUT2D eigenvalue weighted by Crippen LogP contribution is -1.88. The molecule has 2 heteroatoms. The quantitative estimate of drug-likeness (QED) is 0.370. The first-order valence-corrected chi connectivity index (χ1v) is 3.13. The van der Waals surface area contributed by atoms with Gasteiger partial charge >= 0.3 is 0 Å². The van der Waals surface area contributed by atoms with Gasteiger partial charge in [0.2, 0.25) is 0 Å². The van der Waals surface area contributed by atoms with E-state index >= 15 is 0 Å². The monoisotopic (exact) mass is 104 g/mol. The first-order valence-electron chi connectivity index (χ1n) is 2.17. The van der Waals surface area contributed by atoms with E-state index in [1.165, 1.54) is 0 Å². The van der Waals surface area contributed by atoms with Crippen molar-refractivity contribution in [2.24, 2.45) is 0 Å². The Hall–Kier alpha value is 0.147. The van der Waals surface area contributed by atoms with Crippen molar-refractivity contribution < 1.29 is 4.11 Å². The molecule has 0 rings (SSSR count). The molecule has 0 aromatic heterocycles. The molecule has 1 unspecified atom stereocenters. The van der Waals surface area contributed by atoms with Crippen LogP contribution in [0.2, 0.25) is 5.54 Å². The van der Waals surface area contributed by atoms with E-state index in [1.807, 2.05) is 13.8 Å². The molecule has 0 saturated heterocycles. The van der Waals surface area contributed by atoms with Gasteiger partial charge in [-0.25, -0.2) is 0 Å². The fourth-order valence-corrected chi connectivity index (χ4v) is 0.231. The van der Waals surface area contributed by atoms with Gasteiger partial charge in [0.05, 0.1) is 0 Å². The lowest BCUT2D eigenvalue weighted by Gasteiger charge is -1.93. The van der Waals surface area contributed by atoms with Gasteiger partial charge < -0.3 is 4.11 Å². The molecule has 0 fully saturated rings. The fraction of sp³-hybridized carbons (Fsp3) is 1.00. The molecule has 6 heavy (non-hydrogen) atoms. The molecule has 0 heterocycles. The second kappa shape index (κ2) is 3.34. The second-order valence-corrected chi connectivity index (χ2v) is 2.62. The molecular formula is C4H9FSi. The minimum absolute atomic E-state index is 0.296. The summed E-state index contributed by atoms with van der Waals surface area (Å²) in [5.74, 6) is 0. The number of hydrogen-bond acceptors (Lipinski definition) is 0. The van der Waals surface area contributed by atoms with Crippen LogP contribution in [0.25, 0.3) is 0 Å². The van der Waals surface area contributed by atoms with Crippen LogP contribution in [0.3, 0.4) is 0 Å². The number of rotatable bonds is 2. The van der Waals surface area contributed by atoms with Gasteiger partial charge in [0.1, 0.15) is 0 Å². The highest BCUT2D eigenvalue weighted by Crippen LogP contribution is 2.04. The van der Waals surface area contributed by atoms with Crippen molar-refractivity contribution in [1.29, 1.82) is 0 Å². The summed E-state index contributed by atoms with van der Waals surface area (Å²) in [6, 6.07) is 0. The third kappa shape index (κ3) is 2.39. The van der Waals surface area contributed by atoms with E-state index < -0.39 is 0 Å². The van der Waals surface area contributed by atoms with E-state index in [0.29, 0.717) is 5.54 Å². The van der Waals surface area contributed by atoms with Crippen LogP contribution in [0.5, 0.6) is 0 Å². The van der Waals surface area contributed by atoms with E-state index in [1.54, 1.807) is 0 Å². The van der Waals surface area contributed by atoms with Gasteiger partial charge in [-0.3, -0.25) is 0 Å². The molecule has 36 valence electrons. The molecular weight excluding hydrogens is 95.1 g/mol. The van der Waals surface area contributed by atoms with Crippen molar-refractivity contribution in [2.75, 3.05) is 0 Å². The molecule has 0 aliphatic heterocycles. The Morgan fingerprint density at radius 2 is 2.33 bits per heavy atom. The van der Waals surface area contributed by atoms with Crippen LogP contribution in [0.4, 0.5) is 4.11 Å². The average Bonchev–Trinajstić information content (AvgIpc) is 1.65. The lowest BCUT2D eigenvalue weighted by atomic mass is 10.4. The minimum atomic E-state index is -0.368. The van der Waals surface area contributed by atoms with Gasteiger partial charge in [-0.15, -0.1) is 0 Å². The van der Waals surface area contributed by atoms with Crippen molar-refractivity contribution in [3.63, 3.8) is 0 Å². The summed E-state index contributed by atoms with van der Waals surface area (Å²) in [5, 5.41) is 0. The SMILES string of the molecule is CCC(C)[Si]F. The predicted octanol–water partition coefficient (Wildman–Crippen LogP) is 1.79. The van der Waals surface area contributed by atoms with Gasteiger partial charge in [-0.05, 0) is 5.54 Å². The maximum Gasteiger partial charge on any atom is 0.297 e. The van der Waals surface area contributed by atoms with E-state index in [0.717, 1.165) is 6.42 Å². The second-order valence-electron chi connectivity index (χ2n) is 1.42. The van der Waals surface area contributed by atoms with Crippen molar-refractivity contribution in [3.8, 4) is 0 Å². The normalized spacial score (nSPS) is 14.5. The van der Waals surface area contributed by atoms with Gasteiger partial charge in [-0.1, -0.05) is 20.3 Å². The van der Waals surface area contributed by atoms with Crippen LogP contribution < -0.4 is 0 Å². The maximum atomic E-state index is 11.4. The third-order valence-electron chi connectivity index (χ3n) is 0.799. The van der Waals surface area contributed by atoms with Crippen LogP contribution in [0.1, 0.15) is 20.3 Å². The van der Waals surface area contributed by atoms with Gasteiger partial charge in [0.15, 0.2) is 0 Å². The summed E-state index contributed by atoms with van der Waals surface area (Å²) in [7, 11) is -0.368. The summed E-state index contributed by atoms with van der Waals surface area (Å²) in [5.41, 5.74) is 0.296. The maximum absolute atomic E-state index is 11.4. The lowest BCUT2D eigenvalue weighted by molar-refractivity contribution is 0.768. The number of halogens is 1. The highest BCUT2D eigenvalue weighted by Gasteiger charge is 1.96. The molecule has 0 bridgehead atoms. The smallest absolute Gasteiger partial charge is 0.297 e. The third-order valence-corrected chi connectivity index (χ3v) is 1.58. The van der Waals surface area contributed by atoms with Gasteiger partial charge in [0.25, 0.3) is 9.85 Å². The first kappa shape index (κ1) is 6.15. The Morgan fingerprint density at radius 3 is 2.33 bits per heavy atom. The molecule has 0 aliphatic carbocycles. The Kier molecular flexibility index (Phi) is 3.42. The minimum Gasteiger partial charge on any atom is -0.315 e. The standard InChI is InChI=1S/C4H9FSi/c1-3-4(2)6-5/h4H,3H2,1-2H3. The Balaban J connectivity index is 2.75. The predicted molar refractivity (Wildman–Crippen MR) is 26.6 cm³/mol. The van der Waals surface area contributed by atoms with Gasteiger partial charge in [0, 0.05) is 0 Å². The summed E-state index contributed by atoms with van der Waals surface area (Å²) >= 11 is 0. The van der Waals surface area contributed by atoms with Crippen LogP contribution >= 0.6 is 0 Å². The Labute approximate surface area is 40.7 Å². The van der Waals surface area contributed by atoms with E-state index in [9.17, 15) is 4.11 Å². The summed E-state index contributed by atoms with van der Waals surface area (Å²) in [4.78, 5) is 0. The zero-order valence-electron chi connectivity index (χ0n) is 4.16. The molecule has 0 saturated carbocycles. The molecule has 0 aromatic carbocycles.